The van der Waals surface area contributed by atoms with Gasteiger partial charge in [-0.05, 0) is 26.0 Å². The lowest BCUT2D eigenvalue weighted by Crippen LogP contribution is -2.54. The predicted molar refractivity (Wildman–Crippen MR) is 103 cm³/mol. The number of methoxy groups -OCH3 is 1. The van der Waals surface area contributed by atoms with E-state index < -0.39 is 61.6 Å². The summed E-state index contributed by atoms with van der Waals surface area (Å²) in [6, 6.07) is 0.662. The van der Waals surface area contributed by atoms with Crippen molar-refractivity contribution in [3.05, 3.63) is 47.5 Å². The second kappa shape index (κ2) is 8.69. The predicted octanol–water partition coefficient (Wildman–Crippen LogP) is 1.85. The molecule has 13 heteroatoms. The number of nitrogens with zero attached hydrogens (tertiary/aromatic N) is 1. The van der Waals surface area contributed by atoms with Crippen LogP contribution >= 0.6 is 0 Å². The molecule has 0 saturated carbocycles. The van der Waals surface area contributed by atoms with Gasteiger partial charge in [-0.15, -0.1) is 0 Å². The van der Waals surface area contributed by atoms with E-state index in [0.717, 1.165) is 22.9 Å². The maximum atomic E-state index is 14.9. The van der Waals surface area contributed by atoms with Gasteiger partial charge in [-0.25, -0.2) is 21.6 Å². The number of sulfonamides is 1. The summed E-state index contributed by atoms with van der Waals surface area (Å²) in [6.07, 6.45) is 0.774. The highest BCUT2D eigenvalue weighted by atomic mass is 32.2. The van der Waals surface area contributed by atoms with Crippen LogP contribution in [0.5, 0.6) is 0 Å². The fraction of sp³-hybridized carbons (Fsp3) is 0.333. The van der Waals surface area contributed by atoms with Gasteiger partial charge >= 0.3 is 5.97 Å². The molecule has 1 atom stereocenters. The maximum absolute atomic E-state index is 14.9. The number of amides is 1. The lowest BCUT2D eigenvalue weighted by atomic mass is 10.00. The number of carbonyl (C=O) groups is 2. The van der Waals surface area contributed by atoms with Crippen LogP contribution in [0, 0.1) is 17.5 Å². The zero-order valence-corrected chi connectivity index (χ0v) is 17.7. The summed E-state index contributed by atoms with van der Waals surface area (Å²) in [5.74, 6) is -6.58. The highest BCUT2D eigenvalue weighted by Crippen LogP contribution is 2.24. The van der Waals surface area contributed by atoms with Crippen molar-refractivity contribution in [2.75, 3.05) is 12.4 Å². The minimum Gasteiger partial charge on any atom is -0.480 e. The average Bonchev–Trinajstić information content (AvgIpc) is 2.97. The Morgan fingerprint density at radius 2 is 1.81 bits per heavy atom. The van der Waals surface area contributed by atoms with Crippen molar-refractivity contribution in [2.24, 2.45) is 7.05 Å². The molecule has 3 N–H and O–H groups in total. The molecule has 0 fully saturated rings. The summed E-state index contributed by atoms with van der Waals surface area (Å²) >= 11 is 0. The highest BCUT2D eigenvalue weighted by molar-refractivity contribution is 7.89. The first kappa shape index (κ1) is 24.4. The van der Waals surface area contributed by atoms with Crippen molar-refractivity contribution in [1.29, 1.82) is 0 Å². The third kappa shape index (κ3) is 5.06. The molecular formula is C18H20F3N3O6S. The summed E-state index contributed by atoms with van der Waals surface area (Å²) < 4.78 is 74.2. The molecule has 0 spiro atoms. The number of anilines is 1. The van der Waals surface area contributed by atoms with E-state index in [1.165, 1.54) is 28.0 Å². The number of carboxylic acids is 1. The van der Waals surface area contributed by atoms with E-state index in [4.69, 9.17) is 4.74 Å². The van der Waals surface area contributed by atoms with Gasteiger partial charge in [0.05, 0.1) is 5.60 Å². The SMILES string of the molecule is COC(C)(C)C(NS(=O)(=O)c1cn(C)c(C(=O)Nc2ccc(F)c(F)c2)c1F)C(=O)O. The van der Waals surface area contributed by atoms with E-state index in [1.807, 2.05) is 4.72 Å². The monoisotopic (exact) mass is 463 g/mol. The zero-order chi connectivity index (χ0) is 23.7. The third-order valence-electron chi connectivity index (χ3n) is 4.51. The Balaban J connectivity index is 2.39. The molecule has 170 valence electrons. The number of rotatable bonds is 8. The molecule has 1 amide bonds. The van der Waals surface area contributed by atoms with Crippen molar-refractivity contribution < 1.29 is 41.0 Å². The Morgan fingerprint density at radius 1 is 1.19 bits per heavy atom. The van der Waals surface area contributed by atoms with Crippen LogP contribution in [0.2, 0.25) is 0 Å². The van der Waals surface area contributed by atoms with Crippen molar-refractivity contribution >= 4 is 27.6 Å². The second-order valence-corrected chi connectivity index (χ2v) is 8.73. The Morgan fingerprint density at radius 3 is 2.32 bits per heavy atom. The molecule has 0 aliphatic rings. The van der Waals surface area contributed by atoms with Crippen molar-refractivity contribution in [1.82, 2.24) is 9.29 Å². The molecule has 0 aliphatic heterocycles. The Bertz CT molecular complexity index is 1130. The van der Waals surface area contributed by atoms with Crippen LogP contribution in [0.3, 0.4) is 0 Å². The van der Waals surface area contributed by atoms with Crippen LogP contribution in [-0.4, -0.2) is 48.7 Å². The fourth-order valence-corrected chi connectivity index (χ4v) is 4.06. The number of aryl methyl sites for hydroxylation is 1. The smallest absolute Gasteiger partial charge is 0.324 e. The first-order valence-electron chi connectivity index (χ1n) is 8.62. The molecule has 31 heavy (non-hydrogen) atoms. The maximum Gasteiger partial charge on any atom is 0.324 e. The molecule has 0 aliphatic carbocycles. The van der Waals surface area contributed by atoms with Crippen LogP contribution in [0.4, 0.5) is 18.9 Å². The minimum atomic E-state index is -4.75. The molecule has 0 bridgehead atoms. The van der Waals surface area contributed by atoms with Gasteiger partial charge in [0.15, 0.2) is 17.5 Å². The molecule has 2 aromatic rings. The number of hydrogen-bond donors (Lipinski definition) is 3. The van der Waals surface area contributed by atoms with Gasteiger partial charge in [-0.3, -0.25) is 9.59 Å². The average molecular weight is 463 g/mol. The number of nitrogens with one attached hydrogen (secondary N) is 2. The molecule has 2 rings (SSSR count). The second-order valence-electron chi connectivity index (χ2n) is 7.05. The first-order valence-corrected chi connectivity index (χ1v) is 10.1. The van der Waals surface area contributed by atoms with Crippen LogP contribution in [0.1, 0.15) is 24.3 Å². The quantitative estimate of drug-likeness (QED) is 0.549. The Hall–Kier alpha value is -2.90. The number of carboxylic acid groups (broad SMARTS) is 1. The number of hydrogen-bond acceptors (Lipinski definition) is 5. The molecule has 1 unspecified atom stereocenters. The molecule has 0 radical (unpaired) electrons. The Labute approximate surface area is 175 Å². The summed E-state index contributed by atoms with van der Waals surface area (Å²) in [7, 11) is -2.39. The largest absolute Gasteiger partial charge is 0.480 e. The van der Waals surface area contributed by atoms with Gasteiger partial charge in [0.25, 0.3) is 5.91 Å². The van der Waals surface area contributed by atoms with Crippen LogP contribution in [0.15, 0.2) is 29.3 Å². The van der Waals surface area contributed by atoms with Crippen LogP contribution in [-0.2, 0) is 26.6 Å². The van der Waals surface area contributed by atoms with E-state index in [0.29, 0.717) is 6.07 Å². The van der Waals surface area contributed by atoms with Gasteiger partial charge in [-0.1, -0.05) is 0 Å². The number of aromatic nitrogens is 1. The van der Waals surface area contributed by atoms with Gasteiger partial charge in [-0.2, -0.15) is 4.72 Å². The van der Waals surface area contributed by atoms with E-state index in [1.54, 1.807) is 0 Å². The molecule has 1 heterocycles. The summed E-state index contributed by atoms with van der Waals surface area (Å²) in [6.45, 7) is 2.63. The van der Waals surface area contributed by atoms with Gasteiger partial charge in [0.2, 0.25) is 10.0 Å². The fourth-order valence-electron chi connectivity index (χ4n) is 2.61. The van der Waals surface area contributed by atoms with E-state index in [2.05, 4.69) is 5.32 Å². The molecule has 1 aromatic heterocycles. The van der Waals surface area contributed by atoms with E-state index >= 15 is 0 Å². The van der Waals surface area contributed by atoms with E-state index in [-0.39, 0.29) is 5.69 Å². The lowest BCUT2D eigenvalue weighted by molar-refractivity contribution is -0.146. The summed E-state index contributed by atoms with van der Waals surface area (Å²) in [5.41, 5.74) is -2.42. The zero-order valence-electron chi connectivity index (χ0n) is 16.9. The molecule has 1 aromatic carbocycles. The molecule has 0 saturated heterocycles. The number of carbonyl (C=O) groups excluding carboxylic acids is 1. The number of benzene rings is 1. The lowest BCUT2D eigenvalue weighted by Gasteiger charge is -2.30. The normalized spacial score (nSPS) is 13.1. The number of ether oxygens (including phenoxy) is 1. The third-order valence-corrected chi connectivity index (χ3v) is 5.92. The summed E-state index contributed by atoms with van der Waals surface area (Å²) in [5, 5.41) is 11.5. The van der Waals surface area contributed by atoms with Crippen LogP contribution < -0.4 is 10.0 Å². The first-order chi connectivity index (χ1) is 14.2. The Kier molecular flexibility index (Phi) is 6.83. The highest BCUT2D eigenvalue weighted by Gasteiger charge is 2.40. The van der Waals surface area contributed by atoms with Crippen molar-refractivity contribution in [3.8, 4) is 0 Å². The standard InChI is InChI=1S/C18H20F3N3O6S/c1-18(2,30-4)15(17(26)27)23-31(28,29)12-8-24(3)14(13(12)21)16(25)22-9-5-6-10(19)11(20)7-9/h5-8,15,23H,1-4H3,(H,22,25)(H,26,27). The topological polar surface area (TPSA) is 127 Å². The van der Waals surface area contributed by atoms with Gasteiger partial charge < -0.3 is 19.7 Å². The van der Waals surface area contributed by atoms with Gasteiger partial charge in [0.1, 0.15) is 16.6 Å². The molecular weight excluding hydrogens is 443 g/mol. The number of aliphatic carboxylic acids is 1. The number of halogens is 3. The van der Waals surface area contributed by atoms with Gasteiger partial charge in [0, 0.05) is 32.1 Å². The summed E-state index contributed by atoms with van der Waals surface area (Å²) in [4.78, 5) is 22.9. The minimum absolute atomic E-state index is 0.195. The van der Waals surface area contributed by atoms with E-state index in [9.17, 15) is 36.3 Å². The van der Waals surface area contributed by atoms with Crippen molar-refractivity contribution in [2.45, 2.75) is 30.4 Å². The van der Waals surface area contributed by atoms with Crippen LogP contribution in [0.25, 0.3) is 0 Å². The molecule has 9 nitrogen and oxygen atoms in total. The van der Waals surface area contributed by atoms with Crippen molar-refractivity contribution in [3.63, 3.8) is 0 Å².